The molecule has 0 saturated carbocycles. The molecular weight excluding hydrogens is 375 g/mol. The van der Waals surface area contributed by atoms with Crippen molar-refractivity contribution in [3.8, 4) is 0 Å². The third-order valence-electron chi connectivity index (χ3n) is 6.40. The third-order valence-corrected chi connectivity index (χ3v) is 6.40. The number of nitrogens with zero attached hydrogens (tertiary/aromatic N) is 2. The Balaban J connectivity index is 0.00000225. The van der Waals surface area contributed by atoms with Crippen LogP contribution in [0.15, 0.2) is 54.6 Å². The molecule has 2 heterocycles. The smallest absolute Gasteiger partial charge is 0.232 e. The van der Waals surface area contributed by atoms with Crippen LogP contribution in [-0.2, 0) is 10.2 Å². The summed E-state index contributed by atoms with van der Waals surface area (Å²) in [6.45, 7) is 6.49. The van der Waals surface area contributed by atoms with Crippen molar-refractivity contribution in [1.82, 2.24) is 9.80 Å². The van der Waals surface area contributed by atoms with Crippen molar-refractivity contribution in [2.75, 3.05) is 26.7 Å². The van der Waals surface area contributed by atoms with Gasteiger partial charge < -0.3 is 4.90 Å². The number of amides is 1. The van der Waals surface area contributed by atoms with Crippen molar-refractivity contribution < 1.29 is 9.18 Å². The molecule has 0 aromatic heterocycles. The first-order chi connectivity index (χ1) is 12.9. The van der Waals surface area contributed by atoms with Gasteiger partial charge in [-0.05, 0) is 50.1 Å². The first-order valence-corrected chi connectivity index (χ1v) is 9.68. The van der Waals surface area contributed by atoms with E-state index in [0.29, 0.717) is 11.8 Å². The van der Waals surface area contributed by atoms with Gasteiger partial charge in [0.15, 0.2) is 0 Å². The minimum absolute atomic E-state index is 0. The van der Waals surface area contributed by atoms with Gasteiger partial charge in [0.05, 0.1) is 5.41 Å². The monoisotopic (exact) mass is 402 g/mol. The van der Waals surface area contributed by atoms with Crippen LogP contribution in [-0.4, -0.2) is 42.4 Å². The maximum absolute atomic E-state index is 13.8. The van der Waals surface area contributed by atoms with E-state index in [9.17, 15) is 9.18 Å². The Kier molecular flexibility index (Phi) is 5.83. The van der Waals surface area contributed by atoms with Crippen molar-refractivity contribution in [3.05, 3.63) is 71.5 Å². The third kappa shape index (κ3) is 3.56. The number of halogens is 2. The molecule has 0 bridgehead atoms. The molecular formula is C23H28ClFN2O. The van der Waals surface area contributed by atoms with Gasteiger partial charge in [-0.1, -0.05) is 42.5 Å². The first kappa shape index (κ1) is 20.8. The lowest BCUT2D eigenvalue weighted by Crippen LogP contribution is -2.43. The summed E-state index contributed by atoms with van der Waals surface area (Å²) in [6, 6.07) is 17.1. The van der Waals surface area contributed by atoms with Crippen LogP contribution in [0.1, 0.15) is 31.0 Å². The Morgan fingerprint density at radius 1 is 1.04 bits per heavy atom. The molecule has 2 aliphatic heterocycles. The minimum Gasteiger partial charge on any atom is -0.341 e. The minimum atomic E-state index is -0.542. The SMILES string of the molecule is CN1C[C@H]2CN(C(=O)C(C)(C)c3ccccc3)C[C@H]2[C@@H]1c1cccc(F)c1.Cl. The average Bonchev–Trinajstić information content (AvgIpc) is 3.18. The maximum Gasteiger partial charge on any atom is 0.232 e. The van der Waals surface area contributed by atoms with Gasteiger partial charge in [0, 0.05) is 31.6 Å². The Hall–Kier alpha value is -1.91. The summed E-state index contributed by atoms with van der Waals surface area (Å²) in [5, 5.41) is 0. The second-order valence-electron chi connectivity index (χ2n) is 8.56. The molecule has 2 aromatic carbocycles. The van der Waals surface area contributed by atoms with Gasteiger partial charge in [-0.3, -0.25) is 9.69 Å². The number of hydrogen-bond acceptors (Lipinski definition) is 2. The van der Waals surface area contributed by atoms with E-state index in [2.05, 4.69) is 11.9 Å². The van der Waals surface area contributed by atoms with Crippen molar-refractivity contribution in [3.63, 3.8) is 0 Å². The number of carbonyl (C=O) groups excluding carboxylic acids is 1. The van der Waals surface area contributed by atoms with E-state index in [0.717, 1.165) is 30.8 Å². The second kappa shape index (κ2) is 7.84. The number of carbonyl (C=O) groups is 1. The van der Waals surface area contributed by atoms with Crippen LogP contribution in [0.5, 0.6) is 0 Å². The van der Waals surface area contributed by atoms with E-state index in [1.165, 1.54) is 6.07 Å². The van der Waals surface area contributed by atoms with E-state index in [1.54, 1.807) is 12.1 Å². The van der Waals surface area contributed by atoms with Gasteiger partial charge in [0.25, 0.3) is 0 Å². The highest BCUT2D eigenvalue weighted by molar-refractivity contribution is 5.87. The lowest BCUT2D eigenvalue weighted by atomic mass is 9.83. The zero-order valence-corrected chi connectivity index (χ0v) is 17.5. The topological polar surface area (TPSA) is 23.6 Å². The molecule has 0 radical (unpaired) electrons. The molecule has 2 aromatic rings. The van der Waals surface area contributed by atoms with Crippen LogP contribution < -0.4 is 0 Å². The van der Waals surface area contributed by atoms with Gasteiger partial charge >= 0.3 is 0 Å². The fourth-order valence-corrected chi connectivity index (χ4v) is 4.99. The first-order valence-electron chi connectivity index (χ1n) is 9.68. The van der Waals surface area contributed by atoms with Crippen LogP contribution in [0.2, 0.25) is 0 Å². The van der Waals surface area contributed by atoms with E-state index >= 15 is 0 Å². The molecule has 3 nitrogen and oxygen atoms in total. The Morgan fingerprint density at radius 3 is 2.43 bits per heavy atom. The van der Waals surface area contributed by atoms with Crippen molar-refractivity contribution in [2.45, 2.75) is 25.3 Å². The number of likely N-dealkylation sites (tertiary alicyclic amines) is 2. The zero-order valence-electron chi connectivity index (χ0n) is 16.6. The van der Waals surface area contributed by atoms with E-state index in [-0.39, 0.29) is 30.2 Å². The molecule has 5 heteroatoms. The highest BCUT2D eigenvalue weighted by Crippen LogP contribution is 2.45. The van der Waals surface area contributed by atoms with Crippen LogP contribution in [0, 0.1) is 17.7 Å². The van der Waals surface area contributed by atoms with Crippen molar-refractivity contribution in [2.24, 2.45) is 11.8 Å². The summed E-state index contributed by atoms with van der Waals surface area (Å²) in [5.74, 6) is 0.787. The van der Waals surface area contributed by atoms with Crippen molar-refractivity contribution >= 4 is 18.3 Å². The van der Waals surface area contributed by atoms with Gasteiger partial charge in [0.2, 0.25) is 5.91 Å². The summed E-state index contributed by atoms with van der Waals surface area (Å²) < 4.78 is 13.8. The summed E-state index contributed by atoms with van der Waals surface area (Å²) in [5.41, 5.74) is 1.52. The van der Waals surface area contributed by atoms with Crippen LogP contribution >= 0.6 is 12.4 Å². The largest absolute Gasteiger partial charge is 0.341 e. The molecule has 4 rings (SSSR count). The van der Waals surface area contributed by atoms with Crippen molar-refractivity contribution in [1.29, 1.82) is 0 Å². The van der Waals surface area contributed by atoms with Gasteiger partial charge in [-0.25, -0.2) is 4.39 Å². The quantitative estimate of drug-likeness (QED) is 0.764. The Labute approximate surface area is 172 Å². The van der Waals surface area contributed by atoms with E-state index in [4.69, 9.17) is 0 Å². The molecule has 0 unspecified atom stereocenters. The molecule has 0 N–H and O–H groups in total. The predicted octanol–water partition coefficient (Wildman–Crippen LogP) is 4.29. The highest BCUT2D eigenvalue weighted by atomic mass is 35.5. The van der Waals surface area contributed by atoms with E-state index < -0.39 is 5.41 Å². The molecule has 28 heavy (non-hydrogen) atoms. The standard InChI is InChI=1S/C23H27FN2O.ClH/c1-23(2,18-9-5-4-6-10-18)22(27)26-14-17-13-25(3)21(20(17)15-26)16-8-7-11-19(24)12-16;/h4-12,17,20-21H,13-15H2,1-3H3;1H/t17-,20+,21-;/m0./s1. The van der Waals surface area contributed by atoms with Crippen LogP contribution in [0.4, 0.5) is 4.39 Å². The van der Waals surface area contributed by atoms with Gasteiger partial charge in [-0.2, -0.15) is 0 Å². The summed E-state index contributed by atoms with van der Waals surface area (Å²) >= 11 is 0. The fourth-order valence-electron chi connectivity index (χ4n) is 4.99. The molecule has 2 aliphatic rings. The number of fused-ring (bicyclic) bond motifs is 1. The Bertz CT molecular complexity index is 842. The lowest BCUT2D eigenvalue weighted by molar-refractivity contribution is -0.135. The average molecular weight is 403 g/mol. The molecule has 1 amide bonds. The van der Waals surface area contributed by atoms with Gasteiger partial charge in [0.1, 0.15) is 5.82 Å². The number of hydrogen-bond donors (Lipinski definition) is 0. The van der Waals surface area contributed by atoms with Crippen LogP contribution in [0.25, 0.3) is 0 Å². The molecule has 150 valence electrons. The molecule has 2 fully saturated rings. The fraction of sp³-hybridized carbons (Fsp3) is 0.435. The van der Waals surface area contributed by atoms with E-state index in [1.807, 2.05) is 55.1 Å². The normalized spacial score (nSPS) is 24.7. The van der Waals surface area contributed by atoms with Gasteiger partial charge in [-0.15, -0.1) is 12.4 Å². The summed E-state index contributed by atoms with van der Waals surface area (Å²) in [6.07, 6.45) is 0. The molecule has 0 aliphatic carbocycles. The lowest BCUT2D eigenvalue weighted by Gasteiger charge is -2.32. The maximum atomic E-state index is 13.8. The Morgan fingerprint density at radius 2 is 1.75 bits per heavy atom. The predicted molar refractivity (Wildman–Crippen MR) is 112 cm³/mol. The summed E-state index contributed by atoms with van der Waals surface area (Å²) in [4.78, 5) is 17.7. The number of rotatable bonds is 3. The summed E-state index contributed by atoms with van der Waals surface area (Å²) in [7, 11) is 2.11. The van der Waals surface area contributed by atoms with Crippen LogP contribution in [0.3, 0.4) is 0 Å². The molecule has 2 saturated heterocycles. The second-order valence-corrected chi connectivity index (χ2v) is 8.56. The highest BCUT2D eigenvalue weighted by Gasteiger charge is 2.49. The molecule has 0 spiro atoms. The number of benzene rings is 2. The molecule has 3 atom stereocenters. The zero-order chi connectivity index (χ0) is 19.2.